The Morgan fingerprint density at radius 2 is 0.859 bits per heavy atom. The third-order valence-corrected chi connectivity index (χ3v) is 14.2. The second kappa shape index (κ2) is 17.1. The molecule has 0 fully saturated rings. The summed E-state index contributed by atoms with van der Waals surface area (Å²) in [7, 11) is 0. The first-order valence-corrected chi connectivity index (χ1v) is 24.3. The lowest BCUT2D eigenvalue weighted by molar-refractivity contribution is 0.623. The van der Waals surface area contributed by atoms with Crippen LogP contribution in [0.2, 0.25) is 0 Å². The molecule has 13 rings (SSSR count). The van der Waals surface area contributed by atoms with Crippen molar-refractivity contribution in [1.29, 1.82) is 0 Å². The molecule has 1 aliphatic carbocycles. The minimum Gasteiger partial charge on any atom is -0.435 e. The highest BCUT2D eigenvalue weighted by molar-refractivity contribution is 6.20. The largest absolute Gasteiger partial charge is 0.435 e. The van der Waals surface area contributed by atoms with Gasteiger partial charge in [-0.2, -0.15) is 0 Å². The maximum Gasteiger partial charge on any atom is 0.227 e. The minimum absolute atomic E-state index is 0.193. The van der Waals surface area contributed by atoms with E-state index >= 15 is 0 Å². The van der Waals surface area contributed by atoms with Crippen LogP contribution >= 0.6 is 0 Å². The maximum atomic E-state index is 6.72. The number of hydrogen-bond donors (Lipinski definition) is 0. The van der Waals surface area contributed by atoms with Gasteiger partial charge in [0.05, 0.1) is 5.69 Å². The highest BCUT2D eigenvalue weighted by atomic mass is 16.3. The summed E-state index contributed by atoms with van der Waals surface area (Å²) in [5.41, 5.74) is 17.1. The molecule has 0 N–H and O–H groups in total. The van der Waals surface area contributed by atoms with E-state index in [-0.39, 0.29) is 5.41 Å². The number of fused-ring (bicyclic) bond motifs is 8. The fourth-order valence-electron chi connectivity index (χ4n) is 10.9. The van der Waals surface area contributed by atoms with Gasteiger partial charge in [0.15, 0.2) is 5.58 Å². The maximum absolute atomic E-state index is 6.72. The summed E-state index contributed by atoms with van der Waals surface area (Å²) in [4.78, 5) is 12.1. The number of rotatable bonds is 10. The van der Waals surface area contributed by atoms with Gasteiger partial charge in [0.25, 0.3) is 0 Å². The van der Waals surface area contributed by atoms with Crippen LogP contribution in [-0.2, 0) is 5.41 Å². The molecule has 0 unspecified atom stereocenters. The predicted octanol–water partition coefficient (Wildman–Crippen LogP) is 18.5. The Balaban J connectivity index is 1.01. The van der Waals surface area contributed by atoms with E-state index in [0.717, 1.165) is 89.4 Å². The van der Waals surface area contributed by atoms with Crippen molar-refractivity contribution >= 4 is 83.8 Å². The van der Waals surface area contributed by atoms with Gasteiger partial charge in [-0.05, 0) is 142 Å². The van der Waals surface area contributed by atoms with Gasteiger partial charge in [0.1, 0.15) is 5.52 Å². The topological polar surface area (TPSA) is 35.8 Å². The smallest absolute Gasteiger partial charge is 0.227 e. The molecule has 0 amide bonds. The Bertz CT molecular complexity index is 3880. The van der Waals surface area contributed by atoms with Crippen LogP contribution in [0.1, 0.15) is 25.0 Å². The quantitative estimate of drug-likeness (QED) is 0.128. The lowest BCUT2D eigenvalue weighted by Gasteiger charge is -2.32. The molecule has 0 atom stereocenters. The number of nitrogens with zero attached hydrogens (tertiary/aromatic N) is 4. The molecule has 338 valence electrons. The van der Waals surface area contributed by atoms with Crippen LogP contribution in [0, 0.1) is 0 Å². The lowest BCUT2D eigenvalue weighted by atomic mass is 9.82. The first-order valence-electron chi connectivity index (χ1n) is 24.3. The Morgan fingerprint density at radius 1 is 0.366 bits per heavy atom. The van der Waals surface area contributed by atoms with Crippen molar-refractivity contribution in [3.63, 3.8) is 0 Å². The Morgan fingerprint density at radius 3 is 1.49 bits per heavy atom. The summed E-state index contributed by atoms with van der Waals surface area (Å²) in [6.45, 7) is 4.71. The molecule has 0 saturated carbocycles. The van der Waals surface area contributed by atoms with Crippen LogP contribution in [0.5, 0.6) is 0 Å². The highest BCUT2D eigenvalue weighted by Gasteiger charge is 2.36. The zero-order valence-electron chi connectivity index (χ0n) is 39.4. The van der Waals surface area contributed by atoms with Crippen LogP contribution in [0.15, 0.2) is 259 Å². The summed E-state index contributed by atoms with van der Waals surface area (Å²) >= 11 is 0. The SMILES string of the molecule is CC1(C)c2ccccc2-c2ccc(N(c3cccc(N(c4ccccc4)c4cccc(N(c5ccccc5)c5ccccc5)c4)c3)c3cccc4c3ccc3ccc5nc(-c6ccccc6)oc5c34)cc21. The second-order valence-electron chi connectivity index (χ2n) is 18.8. The van der Waals surface area contributed by atoms with E-state index in [4.69, 9.17) is 9.40 Å². The molecule has 1 heterocycles. The van der Waals surface area contributed by atoms with E-state index in [2.05, 4.69) is 253 Å². The molecule has 12 aromatic rings. The molecule has 1 aliphatic rings. The van der Waals surface area contributed by atoms with Gasteiger partial charge in [-0.3, -0.25) is 0 Å². The monoisotopic (exact) mass is 912 g/mol. The molecular formula is C66H48N4O. The fourth-order valence-corrected chi connectivity index (χ4v) is 10.9. The van der Waals surface area contributed by atoms with E-state index in [1.807, 2.05) is 30.3 Å². The first-order chi connectivity index (χ1) is 35.0. The fraction of sp³-hybridized carbons (Fsp3) is 0.0455. The summed E-state index contributed by atoms with van der Waals surface area (Å²) in [6, 6.07) is 91.1. The van der Waals surface area contributed by atoms with E-state index in [1.165, 1.54) is 22.3 Å². The number of aromatic nitrogens is 1. The van der Waals surface area contributed by atoms with Gasteiger partial charge in [-0.25, -0.2) is 4.98 Å². The molecular weight excluding hydrogens is 865 g/mol. The molecule has 11 aromatic carbocycles. The normalized spacial score (nSPS) is 12.5. The number of para-hydroxylation sites is 3. The third kappa shape index (κ3) is 7.21. The van der Waals surface area contributed by atoms with Crippen molar-refractivity contribution in [2.45, 2.75) is 19.3 Å². The minimum atomic E-state index is -0.193. The summed E-state index contributed by atoms with van der Waals surface area (Å²) in [5, 5.41) is 4.35. The summed E-state index contributed by atoms with van der Waals surface area (Å²) < 4.78 is 6.72. The predicted molar refractivity (Wildman–Crippen MR) is 296 cm³/mol. The Kier molecular flexibility index (Phi) is 10.1. The van der Waals surface area contributed by atoms with E-state index < -0.39 is 0 Å². The Hall–Kier alpha value is -9.19. The van der Waals surface area contributed by atoms with Crippen molar-refractivity contribution in [2.75, 3.05) is 14.7 Å². The van der Waals surface area contributed by atoms with Crippen molar-refractivity contribution < 1.29 is 4.42 Å². The zero-order valence-corrected chi connectivity index (χ0v) is 39.4. The van der Waals surface area contributed by atoms with Crippen LogP contribution < -0.4 is 14.7 Å². The van der Waals surface area contributed by atoms with Crippen LogP contribution in [-0.4, -0.2) is 4.98 Å². The number of benzene rings is 11. The van der Waals surface area contributed by atoms with Gasteiger partial charge in [-0.1, -0.05) is 159 Å². The zero-order chi connectivity index (χ0) is 47.5. The van der Waals surface area contributed by atoms with Crippen molar-refractivity contribution in [3.05, 3.63) is 266 Å². The van der Waals surface area contributed by atoms with Crippen LogP contribution in [0.3, 0.4) is 0 Å². The molecule has 5 heteroatoms. The van der Waals surface area contributed by atoms with Gasteiger partial charge in [0, 0.05) is 67.2 Å². The molecule has 0 saturated heterocycles. The molecule has 0 radical (unpaired) electrons. The van der Waals surface area contributed by atoms with Gasteiger partial charge in [-0.15, -0.1) is 0 Å². The molecule has 0 aliphatic heterocycles. The number of hydrogen-bond acceptors (Lipinski definition) is 5. The third-order valence-electron chi connectivity index (χ3n) is 14.2. The standard InChI is InChI=1S/C66H48N4O/c1-66(2)59-34-16-15-32-55(59)56-40-38-54(44-60(56)66)70(62-35-19-33-58-57(62)39-36-45-37-41-61-64(63(45)58)71-65(67-61)46-20-7-3-8-21-46)53-31-18-30-52(43-53)69(49-26-13-6-14-27-49)51-29-17-28-50(42-51)68(47-22-9-4-10-23-47)48-24-11-5-12-25-48/h3-44H,1-2H3. The number of oxazole rings is 1. The average Bonchev–Trinajstić information content (AvgIpc) is 3.97. The summed E-state index contributed by atoms with van der Waals surface area (Å²) in [6.07, 6.45) is 0. The van der Waals surface area contributed by atoms with E-state index in [9.17, 15) is 0 Å². The molecule has 0 bridgehead atoms. The average molecular weight is 913 g/mol. The molecule has 1 aromatic heterocycles. The highest BCUT2D eigenvalue weighted by Crippen LogP contribution is 2.52. The molecule has 71 heavy (non-hydrogen) atoms. The van der Waals surface area contributed by atoms with Crippen molar-refractivity contribution in [1.82, 2.24) is 4.98 Å². The summed E-state index contributed by atoms with van der Waals surface area (Å²) in [5.74, 6) is 0.614. The molecule has 5 nitrogen and oxygen atoms in total. The second-order valence-corrected chi connectivity index (χ2v) is 18.8. The first kappa shape index (κ1) is 42.0. The van der Waals surface area contributed by atoms with Gasteiger partial charge in [0.2, 0.25) is 5.89 Å². The van der Waals surface area contributed by atoms with Crippen LogP contribution in [0.25, 0.3) is 55.2 Å². The van der Waals surface area contributed by atoms with E-state index in [0.29, 0.717) is 5.89 Å². The van der Waals surface area contributed by atoms with Crippen molar-refractivity contribution in [3.8, 4) is 22.6 Å². The van der Waals surface area contributed by atoms with Crippen molar-refractivity contribution in [2.24, 2.45) is 0 Å². The van der Waals surface area contributed by atoms with Crippen LogP contribution in [0.4, 0.5) is 51.2 Å². The lowest BCUT2D eigenvalue weighted by Crippen LogP contribution is -2.17. The van der Waals surface area contributed by atoms with Gasteiger partial charge >= 0.3 is 0 Å². The number of anilines is 9. The van der Waals surface area contributed by atoms with Gasteiger partial charge < -0.3 is 19.1 Å². The van der Waals surface area contributed by atoms with E-state index in [1.54, 1.807) is 0 Å². The molecule has 0 spiro atoms. The Labute approximate surface area is 413 Å².